The van der Waals surface area contributed by atoms with Crippen molar-refractivity contribution in [2.45, 2.75) is 44.6 Å². The van der Waals surface area contributed by atoms with Crippen LogP contribution in [0.25, 0.3) is 0 Å². The number of aryl methyl sites for hydroxylation is 2. The summed E-state index contributed by atoms with van der Waals surface area (Å²) in [6, 6.07) is 4.87. The molecule has 0 bridgehead atoms. The molecule has 1 aliphatic carbocycles. The number of hydrogen-bond acceptors (Lipinski definition) is 3. The first-order chi connectivity index (χ1) is 8.88. The summed E-state index contributed by atoms with van der Waals surface area (Å²) in [6.07, 6.45) is 7.18. The molecule has 0 radical (unpaired) electrons. The van der Waals surface area contributed by atoms with Gasteiger partial charge in [-0.15, -0.1) is 0 Å². The van der Waals surface area contributed by atoms with Crippen molar-refractivity contribution >= 4 is 0 Å². The van der Waals surface area contributed by atoms with Gasteiger partial charge in [0, 0.05) is 5.56 Å². The lowest BCUT2D eigenvalue weighted by molar-refractivity contribution is 0.0579. The van der Waals surface area contributed by atoms with Gasteiger partial charge < -0.3 is 9.57 Å². The SMILES string of the molecule is CONC1CCCOc2cc3c(cc21)CCCC3. The zero-order valence-electron chi connectivity index (χ0n) is 11.0. The molecule has 1 atom stereocenters. The Kier molecular flexibility index (Phi) is 3.52. The molecule has 1 aromatic rings. The fourth-order valence-electron chi connectivity index (χ4n) is 3.07. The van der Waals surface area contributed by atoms with E-state index in [2.05, 4.69) is 17.6 Å². The van der Waals surface area contributed by atoms with Crippen LogP contribution in [0.2, 0.25) is 0 Å². The third-order valence-corrected chi connectivity index (χ3v) is 4.00. The summed E-state index contributed by atoms with van der Waals surface area (Å²) < 4.78 is 5.90. The first kappa shape index (κ1) is 12.0. The van der Waals surface area contributed by atoms with Crippen molar-refractivity contribution < 1.29 is 9.57 Å². The van der Waals surface area contributed by atoms with Gasteiger partial charge in [-0.1, -0.05) is 6.07 Å². The Morgan fingerprint density at radius 1 is 1.17 bits per heavy atom. The molecule has 1 aromatic carbocycles. The van der Waals surface area contributed by atoms with Gasteiger partial charge in [0.05, 0.1) is 19.8 Å². The molecule has 98 valence electrons. The van der Waals surface area contributed by atoms with Crippen LogP contribution in [-0.4, -0.2) is 13.7 Å². The first-order valence-corrected chi connectivity index (χ1v) is 6.95. The summed E-state index contributed by atoms with van der Waals surface area (Å²) in [4.78, 5) is 5.13. The summed E-state index contributed by atoms with van der Waals surface area (Å²) >= 11 is 0. The van der Waals surface area contributed by atoms with E-state index in [1.54, 1.807) is 7.11 Å². The topological polar surface area (TPSA) is 30.5 Å². The molecule has 0 amide bonds. The van der Waals surface area contributed by atoms with E-state index in [0.29, 0.717) is 0 Å². The van der Waals surface area contributed by atoms with Gasteiger partial charge in [-0.2, -0.15) is 5.48 Å². The van der Waals surface area contributed by atoms with E-state index in [9.17, 15) is 0 Å². The lowest BCUT2D eigenvalue weighted by atomic mass is 9.88. The van der Waals surface area contributed by atoms with E-state index >= 15 is 0 Å². The van der Waals surface area contributed by atoms with E-state index in [0.717, 1.165) is 25.2 Å². The Balaban J connectivity index is 1.99. The van der Waals surface area contributed by atoms with Crippen LogP contribution in [0.3, 0.4) is 0 Å². The Labute approximate surface area is 108 Å². The maximum absolute atomic E-state index is 5.90. The zero-order valence-corrected chi connectivity index (χ0v) is 11.0. The van der Waals surface area contributed by atoms with Crippen LogP contribution < -0.4 is 10.2 Å². The third kappa shape index (κ3) is 2.25. The van der Waals surface area contributed by atoms with Crippen LogP contribution in [0, 0.1) is 0 Å². The van der Waals surface area contributed by atoms with Crippen LogP contribution in [0.5, 0.6) is 5.75 Å². The highest BCUT2D eigenvalue weighted by molar-refractivity contribution is 5.45. The van der Waals surface area contributed by atoms with Crippen molar-refractivity contribution in [3.05, 3.63) is 28.8 Å². The Hall–Kier alpha value is -1.06. The van der Waals surface area contributed by atoms with Crippen LogP contribution in [-0.2, 0) is 17.7 Å². The van der Waals surface area contributed by atoms with Crippen molar-refractivity contribution in [1.29, 1.82) is 0 Å². The lowest BCUT2D eigenvalue weighted by Gasteiger charge is -2.22. The molecular weight excluding hydrogens is 226 g/mol. The van der Waals surface area contributed by atoms with Crippen molar-refractivity contribution in [2.75, 3.05) is 13.7 Å². The predicted octanol–water partition coefficient (Wildman–Crippen LogP) is 2.93. The second-order valence-corrected chi connectivity index (χ2v) is 5.23. The summed E-state index contributed by atoms with van der Waals surface area (Å²) in [7, 11) is 1.68. The largest absolute Gasteiger partial charge is 0.493 e. The molecule has 1 heterocycles. The monoisotopic (exact) mass is 247 g/mol. The Morgan fingerprint density at radius 3 is 2.72 bits per heavy atom. The van der Waals surface area contributed by atoms with Gasteiger partial charge in [-0.3, -0.25) is 0 Å². The van der Waals surface area contributed by atoms with Crippen molar-refractivity contribution in [1.82, 2.24) is 5.48 Å². The fourth-order valence-corrected chi connectivity index (χ4v) is 3.07. The molecule has 3 heteroatoms. The van der Waals surface area contributed by atoms with Gasteiger partial charge in [-0.25, -0.2) is 0 Å². The maximum Gasteiger partial charge on any atom is 0.124 e. The molecule has 1 unspecified atom stereocenters. The van der Waals surface area contributed by atoms with Crippen molar-refractivity contribution in [3.8, 4) is 5.75 Å². The summed E-state index contributed by atoms with van der Waals surface area (Å²) in [5, 5.41) is 0. The average Bonchev–Trinajstić information content (AvgIpc) is 2.59. The van der Waals surface area contributed by atoms with Gasteiger partial charge >= 0.3 is 0 Å². The standard InChI is InChI=1S/C15H21NO2/c1-17-16-14-7-4-8-18-15-10-12-6-3-2-5-11(12)9-13(14)15/h9-10,14,16H,2-8H2,1H3. The van der Waals surface area contributed by atoms with Crippen LogP contribution in [0.15, 0.2) is 12.1 Å². The molecule has 0 saturated heterocycles. The average molecular weight is 247 g/mol. The minimum atomic E-state index is 0.264. The molecule has 1 N–H and O–H groups in total. The van der Waals surface area contributed by atoms with E-state index in [4.69, 9.17) is 9.57 Å². The van der Waals surface area contributed by atoms with Gasteiger partial charge in [0.1, 0.15) is 5.75 Å². The van der Waals surface area contributed by atoms with Crippen LogP contribution >= 0.6 is 0 Å². The molecule has 3 rings (SSSR count). The quantitative estimate of drug-likeness (QED) is 0.815. The number of ether oxygens (including phenoxy) is 1. The Morgan fingerprint density at radius 2 is 1.94 bits per heavy atom. The number of hydrogen-bond donors (Lipinski definition) is 1. The predicted molar refractivity (Wildman–Crippen MR) is 70.7 cm³/mol. The molecule has 0 spiro atoms. The second kappa shape index (κ2) is 5.29. The number of rotatable bonds is 2. The molecule has 18 heavy (non-hydrogen) atoms. The summed E-state index contributed by atoms with van der Waals surface area (Å²) in [6.45, 7) is 0.813. The fraction of sp³-hybridized carbons (Fsp3) is 0.600. The normalized spacial score (nSPS) is 22.6. The number of benzene rings is 1. The highest BCUT2D eigenvalue weighted by atomic mass is 16.6. The van der Waals surface area contributed by atoms with Gasteiger partial charge in [0.15, 0.2) is 0 Å². The first-order valence-electron chi connectivity index (χ1n) is 6.95. The zero-order chi connectivity index (χ0) is 12.4. The lowest BCUT2D eigenvalue weighted by Crippen LogP contribution is -2.20. The highest BCUT2D eigenvalue weighted by Gasteiger charge is 2.22. The molecular formula is C15H21NO2. The third-order valence-electron chi connectivity index (χ3n) is 4.00. The molecule has 0 aromatic heterocycles. The second-order valence-electron chi connectivity index (χ2n) is 5.23. The van der Waals surface area contributed by atoms with Crippen molar-refractivity contribution in [2.24, 2.45) is 0 Å². The van der Waals surface area contributed by atoms with Crippen LogP contribution in [0.4, 0.5) is 0 Å². The number of hydroxylamine groups is 1. The van der Waals surface area contributed by atoms with E-state index in [1.165, 1.54) is 42.4 Å². The van der Waals surface area contributed by atoms with Crippen molar-refractivity contribution in [3.63, 3.8) is 0 Å². The van der Waals surface area contributed by atoms with E-state index in [1.807, 2.05) is 0 Å². The molecule has 0 saturated carbocycles. The minimum Gasteiger partial charge on any atom is -0.493 e. The van der Waals surface area contributed by atoms with E-state index < -0.39 is 0 Å². The van der Waals surface area contributed by atoms with Gasteiger partial charge in [0.2, 0.25) is 0 Å². The minimum absolute atomic E-state index is 0.264. The maximum atomic E-state index is 5.90. The smallest absolute Gasteiger partial charge is 0.124 e. The highest BCUT2D eigenvalue weighted by Crippen LogP contribution is 2.36. The molecule has 2 aliphatic rings. The van der Waals surface area contributed by atoms with Crippen LogP contribution in [0.1, 0.15) is 48.4 Å². The molecule has 0 fully saturated rings. The Bertz CT molecular complexity index is 431. The van der Waals surface area contributed by atoms with Gasteiger partial charge in [0.25, 0.3) is 0 Å². The number of fused-ring (bicyclic) bond motifs is 2. The summed E-state index contributed by atoms with van der Waals surface area (Å²) in [5.74, 6) is 1.06. The summed E-state index contributed by atoms with van der Waals surface area (Å²) in [5.41, 5.74) is 7.37. The van der Waals surface area contributed by atoms with E-state index in [-0.39, 0.29) is 6.04 Å². The molecule has 3 nitrogen and oxygen atoms in total. The molecule has 1 aliphatic heterocycles. The number of nitrogens with one attached hydrogen (secondary N) is 1. The van der Waals surface area contributed by atoms with Gasteiger partial charge in [-0.05, 0) is 55.7 Å².